The molecule has 10 nitrogen and oxygen atoms in total. The number of anilines is 1. The first-order valence-corrected chi connectivity index (χ1v) is 13.8. The van der Waals surface area contributed by atoms with Crippen LogP contribution in [0.5, 0.6) is 5.75 Å². The highest BCUT2D eigenvalue weighted by Crippen LogP contribution is 2.25. The summed E-state index contributed by atoms with van der Waals surface area (Å²) in [6, 6.07) is 16.1. The number of urea groups is 1. The lowest BCUT2D eigenvalue weighted by molar-refractivity contribution is -0.134. The van der Waals surface area contributed by atoms with E-state index < -0.39 is 12.1 Å². The van der Waals surface area contributed by atoms with Gasteiger partial charge in [-0.05, 0) is 42.7 Å². The molecule has 4 rings (SSSR count). The number of likely N-dealkylation sites (tertiary alicyclic amines) is 1. The minimum atomic E-state index is -0.736. The van der Waals surface area contributed by atoms with Crippen molar-refractivity contribution >= 4 is 23.5 Å². The second-order valence-electron chi connectivity index (χ2n) is 9.84. The number of carbonyl (C=O) groups excluding carboxylic acids is 3. The van der Waals surface area contributed by atoms with Gasteiger partial charge in [0.25, 0.3) is 0 Å². The molecule has 1 fully saturated rings. The van der Waals surface area contributed by atoms with E-state index in [2.05, 4.69) is 20.6 Å². The van der Waals surface area contributed by atoms with Gasteiger partial charge in [-0.25, -0.2) is 9.78 Å². The van der Waals surface area contributed by atoms with E-state index in [0.717, 1.165) is 22.7 Å². The molecule has 1 aliphatic rings. The molecule has 1 aliphatic heterocycles. The van der Waals surface area contributed by atoms with Crippen LogP contribution in [0.2, 0.25) is 0 Å². The number of aromatic nitrogens is 2. The van der Waals surface area contributed by atoms with E-state index in [1.54, 1.807) is 24.5 Å². The van der Waals surface area contributed by atoms with Crippen LogP contribution in [0, 0.1) is 0 Å². The van der Waals surface area contributed by atoms with Crippen molar-refractivity contribution in [2.24, 2.45) is 0 Å². The number of methoxy groups -OCH3 is 1. The third-order valence-electron chi connectivity index (χ3n) is 7.18. The number of nitrogens with one attached hydrogen (secondary N) is 3. The Bertz CT molecular complexity index is 1220. The number of amides is 4. The van der Waals surface area contributed by atoms with E-state index in [1.165, 1.54) is 0 Å². The van der Waals surface area contributed by atoms with Gasteiger partial charge < -0.3 is 30.2 Å². The molecule has 3 aromatic rings. The number of hydrogen-bond acceptors (Lipinski definition) is 5. The van der Waals surface area contributed by atoms with Crippen molar-refractivity contribution < 1.29 is 19.1 Å². The molecule has 0 spiro atoms. The fourth-order valence-electron chi connectivity index (χ4n) is 5.02. The Balaban J connectivity index is 1.41. The molecule has 0 saturated carbocycles. The highest BCUT2D eigenvalue weighted by molar-refractivity contribution is 5.94. The first-order valence-electron chi connectivity index (χ1n) is 13.8. The van der Waals surface area contributed by atoms with Crippen LogP contribution >= 0.6 is 0 Å². The Morgan fingerprint density at radius 2 is 1.82 bits per heavy atom. The Kier molecular flexibility index (Phi) is 10.1. The zero-order valence-electron chi connectivity index (χ0n) is 23.1. The zero-order valence-corrected chi connectivity index (χ0v) is 23.1. The van der Waals surface area contributed by atoms with Gasteiger partial charge in [-0.1, -0.05) is 37.3 Å². The maximum atomic E-state index is 13.7. The summed E-state index contributed by atoms with van der Waals surface area (Å²) < 4.78 is 5.25. The maximum absolute atomic E-state index is 13.7. The Morgan fingerprint density at radius 1 is 1.10 bits per heavy atom. The summed E-state index contributed by atoms with van der Waals surface area (Å²) in [4.78, 5) is 50.0. The van der Waals surface area contributed by atoms with Crippen molar-refractivity contribution in [1.82, 2.24) is 25.5 Å². The van der Waals surface area contributed by atoms with Crippen molar-refractivity contribution in [2.45, 2.75) is 51.1 Å². The monoisotopic (exact) mass is 546 g/mol. The quantitative estimate of drug-likeness (QED) is 0.341. The predicted octanol–water partition coefficient (Wildman–Crippen LogP) is 3.31. The van der Waals surface area contributed by atoms with Crippen molar-refractivity contribution in [3.05, 3.63) is 78.4 Å². The summed E-state index contributed by atoms with van der Waals surface area (Å²) >= 11 is 0. The number of para-hydroxylation sites is 1. The minimum absolute atomic E-state index is 0.0117. The predicted molar refractivity (Wildman–Crippen MR) is 153 cm³/mol. The SMILES string of the molecule is CCC(=O)N(c1ccccc1)C1CCN(C(=O)C(Cc2ccc(OC)cc2)NC(=O)NCCc2cnc[nH]2)CC1. The third-order valence-corrected chi connectivity index (χ3v) is 7.18. The van der Waals surface area contributed by atoms with Crippen LogP contribution in [-0.2, 0) is 22.4 Å². The number of carbonyl (C=O) groups is 3. The lowest BCUT2D eigenvalue weighted by Gasteiger charge is -2.39. The van der Waals surface area contributed by atoms with Crippen LogP contribution in [0.25, 0.3) is 0 Å². The molecule has 0 radical (unpaired) electrons. The molecule has 3 N–H and O–H groups in total. The molecule has 1 aromatic heterocycles. The van der Waals surface area contributed by atoms with Crippen LogP contribution in [-0.4, -0.2) is 71.5 Å². The first kappa shape index (κ1) is 28.7. The Hall–Kier alpha value is -4.34. The average Bonchev–Trinajstić information content (AvgIpc) is 3.51. The lowest BCUT2D eigenvalue weighted by atomic mass is 9.99. The van der Waals surface area contributed by atoms with Gasteiger partial charge in [0.15, 0.2) is 0 Å². The molecule has 212 valence electrons. The number of ether oxygens (including phenoxy) is 1. The highest BCUT2D eigenvalue weighted by Gasteiger charge is 2.33. The van der Waals surface area contributed by atoms with Gasteiger partial charge in [-0.15, -0.1) is 0 Å². The van der Waals surface area contributed by atoms with E-state index in [-0.39, 0.29) is 17.9 Å². The van der Waals surface area contributed by atoms with E-state index in [0.29, 0.717) is 51.7 Å². The molecule has 1 atom stereocenters. The Labute approximate surface area is 235 Å². The third kappa shape index (κ3) is 7.62. The van der Waals surface area contributed by atoms with Gasteiger partial charge in [0.1, 0.15) is 11.8 Å². The fraction of sp³-hybridized carbons (Fsp3) is 0.400. The number of H-pyrrole nitrogens is 1. The molecule has 0 aliphatic carbocycles. The molecule has 2 heterocycles. The molecule has 4 amide bonds. The van der Waals surface area contributed by atoms with Crippen LogP contribution in [0.1, 0.15) is 37.4 Å². The standard InChI is InChI=1S/C30H38N6O4/c1-3-28(37)36(24-7-5-4-6-8-24)25-14-17-35(18-15-25)29(38)27(19-22-9-11-26(40-2)12-10-22)34-30(39)32-16-13-23-20-31-21-33-23/h4-12,20-21,25,27H,3,13-19H2,1-2H3,(H,31,33)(H2,32,34,39). The van der Waals surface area contributed by atoms with E-state index >= 15 is 0 Å². The van der Waals surface area contributed by atoms with Crippen LogP contribution in [0.4, 0.5) is 10.5 Å². The van der Waals surface area contributed by atoms with Crippen molar-refractivity contribution in [3.8, 4) is 5.75 Å². The molecule has 10 heteroatoms. The molecular formula is C30H38N6O4. The molecule has 1 unspecified atom stereocenters. The van der Waals surface area contributed by atoms with E-state index in [9.17, 15) is 14.4 Å². The summed E-state index contributed by atoms with van der Waals surface area (Å²) in [5.41, 5.74) is 2.71. The average molecular weight is 547 g/mol. The molecular weight excluding hydrogens is 508 g/mol. The summed E-state index contributed by atoms with van der Waals surface area (Å²) in [5.74, 6) is 0.663. The summed E-state index contributed by atoms with van der Waals surface area (Å²) in [7, 11) is 1.60. The highest BCUT2D eigenvalue weighted by atomic mass is 16.5. The smallest absolute Gasteiger partial charge is 0.315 e. The Morgan fingerprint density at radius 3 is 2.45 bits per heavy atom. The number of hydrogen-bond donors (Lipinski definition) is 3. The van der Waals surface area contributed by atoms with Crippen molar-refractivity contribution in [2.75, 3.05) is 31.6 Å². The number of rotatable bonds is 11. The number of piperidine rings is 1. The largest absolute Gasteiger partial charge is 0.497 e. The van der Waals surface area contributed by atoms with Gasteiger partial charge in [-0.2, -0.15) is 0 Å². The normalized spacial score (nSPS) is 14.3. The van der Waals surface area contributed by atoms with Crippen LogP contribution < -0.4 is 20.3 Å². The van der Waals surface area contributed by atoms with Crippen LogP contribution in [0.3, 0.4) is 0 Å². The van der Waals surface area contributed by atoms with Gasteiger partial charge in [0.2, 0.25) is 11.8 Å². The van der Waals surface area contributed by atoms with Crippen LogP contribution in [0.15, 0.2) is 67.1 Å². The lowest BCUT2D eigenvalue weighted by Crippen LogP contribution is -2.55. The van der Waals surface area contributed by atoms with Gasteiger partial charge in [-0.3, -0.25) is 9.59 Å². The number of nitrogens with zero attached hydrogens (tertiary/aromatic N) is 3. The van der Waals surface area contributed by atoms with Gasteiger partial charge >= 0.3 is 6.03 Å². The van der Waals surface area contributed by atoms with Gasteiger partial charge in [0, 0.05) is 62.5 Å². The number of imidazole rings is 1. The van der Waals surface area contributed by atoms with E-state index in [1.807, 2.05) is 66.4 Å². The first-order chi connectivity index (χ1) is 19.5. The molecule has 1 saturated heterocycles. The maximum Gasteiger partial charge on any atom is 0.315 e. The molecule has 0 bridgehead atoms. The van der Waals surface area contributed by atoms with Gasteiger partial charge in [0.05, 0.1) is 13.4 Å². The fourth-order valence-corrected chi connectivity index (χ4v) is 5.02. The molecule has 2 aromatic carbocycles. The summed E-state index contributed by atoms with van der Waals surface area (Å²) in [6.07, 6.45) is 6.01. The minimum Gasteiger partial charge on any atom is -0.497 e. The second kappa shape index (κ2) is 14.2. The van der Waals surface area contributed by atoms with Crippen molar-refractivity contribution in [1.29, 1.82) is 0 Å². The topological polar surface area (TPSA) is 120 Å². The number of benzene rings is 2. The zero-order chi connectivity index (χ0) is 28.3. The number of aromatic amines is 1. The summed E-state index contributed by atoms with van der Waals surface area (Å²) in [5, 5.41) is 5.74. The second-order valence-corrected chi connectivity index (χ2v) is 9.84. The van der Waals surface area contributed by atoms with Crippen molar-refractivity contribution in [3.63, 3.8) is 0 Å². The van der Waals surface area contributed by atoms with E-state index in [4.69, 9.17) is 4.74 Å². The summed E-state index contributed by atoms with van der Waals surface area (Å²) in [6.45, 7) is 3.29. The molecule has 40 heavy (non-hydrogen) atoms.